The Kier molecular flexibility index (Phi) is 6.10. The van der Waals surface area contributed by atoms with Crippen LogP contribution in [0.25, 0.3) is 11.3 Å². The van der Waals surface area contributed by atoms with Crippen LogP contribution in [-0.4, -0.2) is 51.8 Å². The van der Waals surface area contributed by atoms with Crippen LogP contribution in [0.1, 0.15) is 15.2 Å². The summed E-state index contributed by atoms with van der Waals surface area (Å²) in [5.74, 6) is 1.33. The number of rotatable bonds is 6. The molecule has 0 saturated carbocycles. The van der Waals surface area contributed by atoms with E-state index in [2.05, 4.69) is 10.3 Å². The van der Waals surface area contributed by atoms with Crippen molar-refractivity contribution in [2.24, 2.45) is 0 Å². The largest absolute Gasteiger partial charge is 0.493 e. The molecule has 0 unspecified atom stereocenters. The molecule has 0 saturated heterocycles. The number of nitrogens with one attached hydrogen (secondary N) is 1. The first-order valence-corrected chi connectivity index (χ1v) is 10.8. The standard InChI is InChI=1S/C23H23N3O6S/c1-12-20(13-6-7-16-15(8-13)26(2)19(27)11-32-16)24-23(33-12)25-22(28)14-9-17(29-3)21(31-5)18(10-14)30-4/h6-10H,11H2,1-5H3,(H,24,25,28). The third kappa shape index (κ3) is 4.17. The lowest BCUT2D eigenvalue weighted by Gasteiger charge is -2.26. The quantitative estimate of drug-likeness (QED) is 0.587. The number of nitrogens with zero attached hydrogens (tertiary/aromatic N) is 2. The minimum Gasteiger partial charge on any atom is -0.493 e. The number of carbonyl (C=O) groups is 2. The van der Waals surface area contributed by atoms with Gasteiger partial charge in [0.2, 0.25) is 5.75 Å². The van der Waals surface area contributed by atoms with E-state index in [1.807, 2.05) is 25.1 Å². The van der Waals surface area contributed by atoms with Gasteiger partial charge < -0.3 is 23.8 Å². The van der Waals surface area contributed by atoms with Crippen LogP contribution in [0.2, 0.25) is 0 Å². The summed E-state index contributed by atoms with van der Waals surface area (Å²) in [7, 11) is 6.19. The van der Waals surface area contributed by atoms with E-state index in [0.717, 1.165) is 16.1 Å². The lowest BCUT2D eigenvalue weighted by Crippen LogP contribution is -2.35. The van der Waals surface area contributed by atoms with E-state index < -0.39 is 0 Å². The molecular weight excluding hydrogens is 446 g/mol. The van der Waals surface area contributed by atoms with E-state index in [-0.39, 0.29) is 18.4 Å². The fourth-order valence-corrected chi connectivity index (χ4v) is 4.35. The molecule has 3 aromatic rings. The van der Waals surface area contributed by atoms with E-state index >= 15 is 0 Å². The molecular formula is C23H23N3O6S. The lowest BCUT2D eigenvalue weighted by atomic mass is 10.1. The number of amides is 2. The van der Waals surface area contributed by atoms with E-state index in [9.17, 15) is 9.59 Å². The van der Waals surface area contributed by atoms with Crippen LogP contribution in [0.15, 0.2) is 30.3 Å². The van der Waals surface area contributed by atoms with Gasteiger partial charge >= 0.3 is 0 Å². The Labute approximate surface area is 194 Å². The second kappa shape index (κ2) is 8.99. The Hall–Kier alpha value is -3.79. The maximum Gasteiger partial charge on any atom is 0.264 e. The molecule has 1 aromatic heterocycles. The van der Waals surface area contributed by atoms with Crippen molar-refractivity contribution in [3.05, 3.63) is 40.8 Å². The smallest absolute Gasteiger partial charge is 0.264 e. The zero-order valence-corrected chi connectivity index (χ0v) is 19.7. The summed E-state index contributed by atoms with van der Waals surface area (Å²) in [6.07, 6.45) is 0. The fraction of sp³-hybridized carbons (Fsp3) is 0.261. The van der Waals surface area contributed by atoms with Gasteiger partial charge in [0.25, 0.3) is 11.8 Å². The third-order valence-electron chi connectivity index (χ3n) is 5.26. The second-order valence-corrected chi connectivity index (χ2v) is 8.42. The Morgan fingerprint density at radius 2 is 1.82 bits per heavy atom. The monoisotopic (exact) mass is 469 g/mol. The summed E-state index contributed by atoms with van der Waals surface area (Å²) in [6, 6.07) is 8.72. The minimum absolute atomic E-state index is 0.0235. The molecule has 172 valence electrons. The van der Waals surface area contributed by atoms with Gasteiger partial charge in [-0.3, -0.25) is 14.9 Å². The first kappa shape index (κ1) is 22.4. The van der Waals surface area contributed by atoms with Crippen molar-refractivity contribution in [3.63, 3.8) is 0 Å². The summed E-state index contributed by atoms with van der Waals surface area (Å²) in [5, 5.41) is 3.28. The predicted molar refractivity (Wildman–Crippen MR) is 125 cm³/mol. The number of hydrogen-bond donors (Lipinski definition) is 1. The average Bonchev–Trinajstić information content (AvgIpc) is 3.19. The first-order valence-electron chi connectivity index (χ1n) is 9.98. The summed E-state index contributed by atoms with van der Waals surface area (Å²) < 4.78 is 21.5. The molecule has 0 atom stereocenters. The molecule has 2 aromatic carbocycles. The third-order valence-corrected chi connectivity index (χ3v) is 6.15. The SMILES string of the molecule is COc1cc(C(=O)Nc2nc(-c3ccc4c(c3)N(C)C(=O)CO4)c(C)s2)cc(OC)c1OC. The highest BCUT2D eigenvalue weighted by molar-refractivity contribution is 7.16. The number of likely N-dealkylation sites (N-methyl/N-ethyl adjacent to an activating group) is 1. The number of anilines is 2. The van der Waals surface area contributed by atoms with E-state index in [1.54, 1.807) is 24.1 Å². The van der Waals surface area contributed by atoms with Crippen molar-refractivity contribution >= 4 is 34.0 Å². The minimum atomic E-state index is -0.362. The van der Waals surface area contributed by atoms with Crippen molar-refractivity contribution in [1.29, 1.82) is 0 Å². The lowest BCUT2D eigenvalue weighted by molar-refractivity contribution is -0.120. The topological polar surface area (TPSA) is 99.2 Å². The molecule has 2 amide bonds. The number of benzene rings is 2. The van der Waals surface area contributed by atoms with Crippen LogP contribution in [0, 0.1) is 6.92 Å². The van der Waals surface area contributed by atoms with Crippen molar-refractivity contribution in [3.8, 4) is 34.3 Å². The summed E-state index contributed by atoms with van der Waals surface area (Å²) in [4.78, 5) is 32.0. The van der Waals surface area contributed by atoms with Gasteiger partial charge in [0, 0.05) is 23.1 Å². The highest BCUT2D eigenvalue weighted by Gasteiger charge is 2.24. The Balaban J connectivity index is 1.61. The van der Waals surface area contributed by atoms with E-state index in [0.29, 0.717) is 39.4 Å². The Morgan fingerprint density at radius 3 is 2.45 bits per heavy atom. The van der Waals surface area contributed by atoms with Gasteiger partial charge in [-0.2, -0.15) is 0 Å². The van der Waals surface area contributed by atoms with Crippen LogP contribution in [-0.2, 0) is 4.79 Å². The Bertz CT molecular complexity index is 1210. The van der Waals surface area contributed by atoms with Crippen LogP contribution in [0.5, 0.6) is 23.0 Å². The van der Waals surface area contributed by atoms with Gasteiger partial charge in [0.1, 0.15) is 5.75 Å². The first-order chi connectivity index (χ1) is 15.9. The van der Waals surface area contributed by atoms with Crippen LogP contribution < -0.4 is 29.2 Å². The van der Waals surface area contributed by atoms with Crippen molar-refractivity contribution in [2.45, 2.75) is 6.92 Å². The number of methoxy groups -OCH3 is 3. The summed E-state index contributed by atoms with van der Waals surface area (Å²) in [5.41, 5.74) is 2.56. The van der Waals surface area contributed by atoms with Gasteiger partial charge in [0.05, 0.1) is 32.7 Å². The molecule has 1 N–H and O–H groups in total. The van der Waals surface area contributed by atoms with Gasteiger partial charge in [-0.15, -0.1) is 11.3 Å². The maximum atomic E-state index is 12.9. The molecule has 0 radical (unpaired) electrons. The average molecular weight is 470 g/mol. The number of carbonyl (C=O) groups excluding carboxylic acids is 2. The number of fused-ring (bicyclic) bond motifs is 1. The highest BCUT2D eigenvalue weighted by Crippen LogP contribution is 2.40. The highest BCUT2D eigenvalue weighted by atomic mass is 32.1. The van der Waals surface area contributed by atoms with Crippen molar-refractivity contribution in [2.75, 3.05) is 45.2 Å². The molecule has 0 spiro atoms. The van der Waals surface area contributed by atoms with Crippen molar-refractivity contribution < 1.29 is 28.5 Å². The summed E-state index contributed by atoms with van der Waals surface area (Å²) >= 11 is 1.36. The second-order valence-electron chi connectivity index (χ2n) is 7.22. The molecule has 2 heterocycles. The van der Waals surface area contributed by atoms with Crippen LogP contribution in [0.4, 0.5) is 10.8 Å². The fourth-order valence-electron chi connectivity index (χ4n) is 3.52. The van der Waals surface area contributed by atoms with Gasteiger partial charge in [0.15, 0.2) is 23.2 Å². The number of aromatic nitrogens is 1. The van der Waals surface area contributed by atoms with Gasteiger partial charge in [-0.05, 0) is 37.3 Å². The zero-order valence-electron chi connectivity index (χ0n) is 18.8. The Morgan fingerprint density at radius 1 is 1.12 bits per heavy atom. The number of thiazole rings is 1. The normalized spacial score (nSPS) is 12.6. The molecule has 4 rings (SSSR count). The molecule has 0 fully saturated rings. The van der Waals surface area contributed by atoms with Gasteiger partial charge in [-0.25, -0.2) is 4.98 Å². The molecule has 33 heavy (non-hydrogen) atoms. The summed E-state index contributed by atoms with van der Waals surface area (Å²) in [6.45, 7) is 1.95. The van der Waals surface area contributed by atoms with E-state index in [1.165, 1.54) is 32.7 Å². The number of hydrogen-bond acceptors (Lipinski definition) is 8. The molecule has 9 nitrogen and oxygen atoms in total. The molecule has 1 aliphatic heterocycles. The zero-order chi connectivity index (χ0) is 23.7. The molecule has 1 aliphatic rings. The predicted octanol–water partition coefficient (Wildman–Crippen LogP) is 3.75. The number of ether oxygens (including phenoxy) is 4. The van der Waals surface area contributed by atoms with Crippen LogP contribution in [0.3, 0.4) is 0 Å². The number of aryl methyl sites for hydroxylation is 1. The molecule has 10 heteroatoms. The van der Waals surface area contributed by atoms with E-state index in [4.69, 9.17) is 18.9 Å². The van der Waals surface area contributed by atoms with Gasteiger partial charge in [-0.1, -0.05) is 0 Å². The molecule has 0 bridgehead atoms. The molecule has 0 aliphatic carbocycles. The van der Waals surface area contributed by atoms with Crippen molar-refractivity contribution in [1.82, 2.24) is 4.98 Å². The maximum absolute atomic E-state index is 12.9. The van der Waals surface area contributed by atoms with Crippen LogP contribution >= 0.6 is 11.3 Å².